The lowest BCUT2D eigenvalue weighted by molar-refractivity contribution is -0.138. The Morgan fingerprint density at radius 1 is 1.08 bits per heavy atom. The molecule has 0 aliphatic rings. The third kappa shape index (κ3) is 6.19. The minimum Gasteiger partial charge on any atom is -0.480 e. The number of anilines is 3. The summed E-state index contributed by atoms with van der Waals surface area (Å²) in [5.74, 6) is -1.61. The summed E-state index contributed by atoms with van der Waals surface area (Å²) in [5.41, 5.74) is 1.44. The molecule has 0 saturated heterocycles. The van der Waals surface area contributed by atoms with E-state index in [0.29, 0.717) is 28.0 Å². The molecular formula is C23H24N4O8S3. The number of hydrogen-bond acceptors (Lipinski definition) is 7. The van der Waals surface area contributed by atoms with Crippen LogP contribution in [-0.4, -0.2) is 52.1 Å². The number of benzene rings is 2. The highest BCUT2D eigenvalue weighted by molar-refractivity contribution is 7.81. The van der Waals surface area contributed by atoms with Gasteiger partial charge in [0.05, 0.1) is 11.9 Å². The van der Waals surface area contributed by atoms with E-state index in [4.69, 9.17) is 4.42 Å². The second-order valence-electron chi connectivity index (χ2n) is 8.20. The standard InChI is InChI=1S/C23H24N4O8S3/c1-14(28)25-23-24-13-21(36-23)26(37(31)32)11-5-4-7-18(22(29)30)27(38(33)34)15-9-10-20-17(12-15)16-6-2-3-8-19(16)35-20/h2-3,6,8-10,12-13,18H,4-5,7,11H2,1H3,(H,29,30)(H,31,32)(H,33,34)(H,24,25,28). The Kier molecular flexibility index (Phi) is 8.73. The molecule has 202 valence electrons. The van der Waals surface area contributed by atoms with E-state index in [1.807, 2.05) is 18.2 Å². The average Bonchev–Trinajstić information content (AvgIpc) is 3.46. The fraction of sp³-hybridized carbons (Fsp3) is 0.261. The number of nitrogens with zero attached hydrogens (tertiary/aromatic N) is 3. The van der Waals surface area contributed by atoms with E-state index in [1.165, 1.54) is 23.5 Å². The van der Waals surface area contributed by atoms with Crippen molar-refractivity contribution in [2.45, 2.75) is 32.2 Å². The maximum atomic E-state index is 12.3. The topological polar surface area (TPSA) is 174 Å². The first-order chi connectivity index (χ1) is 18.2. The summed E-state index contributed by atoms with van der Waals surface area (Å²) < 4.78 is 51.8. The molecule has 3 unspecified atom stereocenters. The minimum absolute atomic E-state index is 0.00244. The van der Waals surface area contributed by atoms with Gasteiger partial charge < -0.3 is 14.8 Å². The van der Waals surface area contributed by atoms with Gasteiger partial charge in [0.25, 0.3) is 22.5 Å². The van der Waals surface area contributed by atoms with Crippen molar-refractivity contribution >= 4 is 83.5 Å². The molecule has 0 bridgehead atoms. The van der Waals surface area contributed by atoms with Gasteiger partial charge in [-0.25, -0.2) is 18.2 Å². The first kappa shape index (κ1) is 27.7. The Morgan fingerprint density at radius 3 is 2.50 bits per heavy atom. The predicted molar refractivity (Wildman–Crippen MR) is 147 cm³/mol. The number of nitrogens with one attached hydrogen (secondary N) is 1. The van der Waals surface area contributed by atoms with E-state index in [0.717, 1.165) is 21.0 Å². The van der Waals surface area contributed by atoms with Gasteiger partial charge in [0.15, 0.2) is 5.13 Å². The van der Waals surface area contributed by atoms with Gasteiger partial charge in [-0.1, -0.05) is 29.5 Å². The van der Waals surface area contributed by atoms with Gasteiger partial charge in [-0.2, -0.15) is 0 Å². The van der Waals surface area contributed by atoms with Crippen molar-refractivity contribution in [2.24, 2.45) is 0 Å². The SMILES string of the molecule is CC(=O)Nc1ncc(N(CCCCC(C(=O)O)N(c2ccc3oc4ccccc4c3c2)S(=O)O)S(=O)O)s1. The number of thiazole rings is 1. The maximum absolute atomic E-state index is 12.3. The van der Waals surface area contributed by atoms with E-state index in [-0.39, 0.29) is 36.1 Å². The first-order valence-electron chi connectivity index (χ1n) is 11.3. The van der Waals surface area contributed by atoms with Crippen LogP contribution in [0.25, 0.3) is 21.9 Å². The molecule has 2 heterocycles. The summed E-state index contributed by atoms with van der Waals surface area (Å²) in [4.78, 5) is 27.4. The Morgan fingerprint density at radius 2 is 1.82 bits per heavy atom. The number of carboxylic acids is 1. The summed E-state index contributed by atoms with van der Waals surface area (Å²) in [6.45, 7) is 1.41. The van der Waals surface area contributed by atoms with Crippen molar-refractivity contribution in [3.63, 3.8) is 0 Å². The molecule has 0 radical (unpaired) electrons. The number of fused-ring (bicyclic) bond motifs is 3. The molecule has 0 aliphatic carbocycles. The fourth-order valence-electron chi connectivity index (χ4n) is 4.02. The van der Waals surface area contributed by atoms with Gasteiger partial charge >= 0.3 is 5.97 Å². The molecule has 2 aromatic heterocycles. The zero-order valence-electron chi connectivity index (χ0n) is 20.0. The molecule has 0 saturated carbocycles. The van der Waals surface area contributed by atoms with Crippen LogP contribution in [0.15, 0.2) is 53.1 Å². The van der Waals surface area contributed by atoms with Crippen LogP contribution in [0.2, 0.25) is 0 Å². The van der Waals surface area contributed by atoms with Gasteiger partial charge in [-0.3, -0.25) is 22.5 Å². The number of para-hydroxylation sites is 1. The Labute approximate surface area is 226 Å². The molecule has 4 N–H and O–H groups in total. The van der Waals surface area contributed by atoms with Crippen molar-refractivity contribution in [3.05, 3.63) is 48.7 Å². The van der Waals surface area contributed by atoms with Crippen LogP contribution in [0.1, 0.15) is 26.2 Å². The second-order valence-corrected chi connectivity index (χ2v) is 11.0. The second kappa shape index (κ2) is 12.0. The van der Waals surface area contributed by atoms with Gasteiger partial charge in [-0.05, 0) is 43.5 Å². The number of hydrogen-bond donors (Lipinski definition) is 4. The maximum Gasteiger partial charge on any atom is 0.327 e. The Bertz CT molecular complexity index is 1520. The molecule has 0 spiro atoms. The molecule has 0 aliphatic heterocycles. The van der Waals surface area contributed by atoms with Gasteiger partial charge in [0.2, 0.25) is 5.91 Å². The normalized spacial score (nSPS) is 13.8. The highest BCUT2D eigenvalue weighted by Gasteiger charge is 2.30. The third-order valence-electron chi connectivity index (χ3n) is 5.65. The molecule has 4 rings (SSSR count). The summed E-state index contributed by atoms with van der Waals surface area (Å²) >= 11 is -4.00. The zero-order chi connectivity index (χ0) is 27.4. The third-order valence-corrected chi connectivity index (χ3v) is 8.26. The van der Waals surface area contributed by atoms with Crippen LogP contribution < -0.4 is 13.9 Å². The lowest BCUT2D eigenvalue weighted by atomic mass is 10.1. The van der Waals surface area contributed by atoms with Crippen LogP contribution in [0.5, 0.6) is 0 Å². The fourth-order valence-corrected chi connectivity index (χ4v) is 6.31. The van der Waals surface area contributed by atoms with Gasteiger partial charge in [0, 0.05) is 24.2 Å². The predicted octanol–water partition coefficient (Wildman–Crippen LogP) is 4.21. The van der Waals surface area contributed by atoms with E-state index >= 15 is 0 Å². The lowest BCUT2D eigenvalue weighted by Crippen LogP contribution is -2.42. The highest BCUT2D eigenvalue weighted by Crippen LogP contribution is 2.33. The van der Waals surface area contributed by atoms with Crippen LogP contribution in [0.4, 0.5) is 15.8 Å². The van der Waals surface area contributed by atoms with Gasteiger partial charge in [0.1, 0.15) is 22.2 Å². The Balaban J connectivity index is 1.48. The summed E-state index contributed by atoms with van der Waals surface area (Å²) in [5, 5.41) is 14.5. The number of rotatable bonds is 12. The number of carbonyl (C=O) groups excluding carboxylic acids is 1. The number of aliphatic carboxylic acids is 1. The molecule has 3 atom stereocenters. The zero-order valence-corrected chi connectivity index (χ0v) is 22.4. The van der Waals surface area contributed by atoms with E-state index in [1.54, 1.807) is 18.2 Å². The summed E-state index contributed by atoms with van der Waals surface area (Å²) in [6, 6.07) is 10.8. The van der Waals surface area contributed by atoms with Crippen molar-refractivity contribution in [3.8, 4) is 0 Å². The molecule has 2 aromatic carbocycles. The van der Waals surface area contributed by atoms with Crippen LogP contribution in [-0.2, 0) is 32.1 Å². The summed E-state index contributed by atoms with van der Waals surface area (Å²) in [7, 11) is 0. The van der Waals surface area contributed by atoms with Crippen LogP contribution in [0.3, 0.4) is 0 Å². The monoisotopic (exact) mass is 580 g/mol. The average molecular weight is 581 g/mol. The van der Waals surface area contributed by atoms with E-state index in [2.05, 4.69) is 10.3 Å². The van der Waals surface area contributed by atoms with Crippen molar-refractivity contribution < 1.29 is 36.6 Å². The van der Waals surface area contributed by atoms with Crippen LogP contribution in [0, 0.1) is 0 Å². The Hall–Kier alpha value is -3.37. The minimum atomic E-state index is -2.64. The van der Waals surface area contributed by atoms with E-state index < -0.39 is 34.5 Å². The van der Waals surface area contributed by atoms with Crippen molar-refractivity contribution in [2.75, 3.05) is 20.5 Å². The number of furan rings is 1. The quantitative estimate of drug-likeness (QED) is 0.141. The molecule has 1 amide bonds. The molecule has 4 aromatic rings. The lowest BCUT2D eigenvalue weighted by Gasteiger charge is -2.27. The number of unbranched alkanes of at least 4 members (excludes halogenated alkanes) is 1. The van der Waals surface area contributed by atoms with Gasteiger partial charge in [-0.15, -0.1) is 0 Å². The van der Waals surface area contributed by atoms with E-state index in [9.17, 15) is 32.2 Å². The molecule has 15 heteroatoms. The number of carbonyl (C=O) groups is 2. The van der Waals surface area contributed by atoms with Crippen molar-refractivity contribution in [1.29, 1.82) is 0 Å². The highest BCUT2D eigenvalue weighted by atomic mass is 32.2. The number of carboxylic acid groups (broad SMARTS) is 1. The largest absolute Gasteiger partial charge is 0.480 e. The van der Waals surface area contributed by atoms with Crippen LogP contribution >= 0.6 is 11.3 Å². The molecule has 0 fully saturated rings. The number of aromatic nitrogens is 1. The van der Waals surface area contributed by atoms with Crippen molar-refractivity contribution in [1.82, 2.24) is 4.98 Å². The molecule has 12 nitrogen and oxygen atoms in total. The molecule has 38 heavy (non-hydrogen) atoms. The molecular weight excluding hydrogens is 556 g/mol. The smallest absolute Gasteiger partial charge is 0.327 e. The first-order valence-corrected chi connectivity index (χ1v) is 14.3. The summed E-state index contributed by atoms with van der Waals surface area (Å²) in [6.07, 6.45) is 1.93. The number of amides is 1.